The van der Waals surface area contributed by atoms with Crippen LogP contribution in [0, 0.1) is 5.82 Å². The minimum Gasteiger partial charge on any atom is -0.494 e. The van der Waals surface area contributed by atoms with E-state index in [2.05, 4.69) is 10.2 Å². The largest absolute Gasteiger partial charge is 0.494 e. The van der Waals surface area contributed by atoms with Gasteiger partial charge in [0, 0.05) is 17.2 Å². The molecule has 0 spiro atoms. The van der Waals surface area contributed by atoms with E-state index in [1.54, 1.807) is 0 Å². The van der Waals surface area contributed by atoms with Crippen molar-refractivity contribution in [1.82, 2.24) is 10.2 Å². The lowest BCUT2D eigenvalue weighted by Gasteiger charge is -2.12. The SMILES string of the molecule is CCCOc1ccc(-c2nnc(-c3cc(F)c(OC[C@H](N)CO)cc3Cl)s2)cc1. The average Bonchev–Trinajstić information content (AvgIpc) is 3.22. The van der Waals surface area contributed by atoms with Gasteiger partial charge in [0.1, 0.15) is 22.4 Å². The van der Waals surface area contributed by atoms with Crippen molar-refractivity contribution in [2.45, 2.75) is 19.4 Å². The Morgan fingerprint density at radius 1 is 1.17 bits per heavy atom. The highest BCUT2D eigenvalue weighted by Gasteiger charge is 2.16. The van der Waals surface area contributed by atoms with E-state index in [1.807, 2.05) is 31.2 Å². The number of hydrogen-bond acceptors (Lipinski definition) is 7. The zero-order valence-electron chi connectivity index (χ0n) is 15.8. The Labute approximate surface area is 177 Å². The first-order valence-electron chi connectivity index (χ1n) is 9.07. The number of nitrogens with two attached hydrogens (primary N) is 1. The van der Waals surface area contributed by atoms with Gasteiger partial charge in [-0.15, -0.1) is 10.2 Å². The predicted molar refractivity (Wildman–Crippen MR) is 112 cm³/mol. The van der Waals surface area contributed by atoms with Crippen LogP contribution in [0.25, 0.3) is 21.1 Å². The second-order valence-corrected chi connectivity index (χ2v) is 7.69. The smallest absolute Gasteiger partial charge is 0.165 e. The molecule has 0 bridgehead atoms. The molecule has 154 valence electrons. The normalized spacial score (nSPS) is 12.0. The molecule has 3 rings (SSSR count). The Hall–Kier alpha value is -2.26. The lowest BCUT2D eigenvalue weighted by molar-refractivity contribution is 0.202. The topological polar surface area (TPSA) is 90.5 Å². The van der Waals surface area contributed by atoms with Crippen LogP contribution in [0.2, 0.25) is 5.02 Å². The molecule has 6 nitrogen and oxygen atoms in total. The molecule has 29 heavy (non-hydrogen) atoms. The first-order valence-corrected chi connectivity index (χ1v) is 10.3. The highest BCUT2D eigenvalue weighted by molar-refractivity contribution is 7.18. The summed E-state index contributed by atoms with van der Waals surface area (Å²) in [7, 11) is 0. The number of rotatable bonds is 9. The Kier molecular flexibility index (Phi) is 7.38. The monoisotopic (exact) mass is 437 g/mol. The van der Waals surface area contributed by atoms with Crippen LogP contribution >= 0.6 is 22.9 Å². The standard InChI is InChI=1S/C20H21ClFN3O3S/c1-2-7-27-14-5-3-12(4-6-14)19-24-25-20(29-19)15-8-17(22)18(9-16(15)21)28-11-13(23)10-26/h3-6,8-9,13,26H,2,7,10-11,23H2,1H3/t13-/m1/s1. The van der Waals surface area contributed by atoms with E-state index in [0.29, 0.717) is 22.2 Å². The second kappa shape index (κ2) is 9.98. The molecule has 2 aromatic carbocycles. The summed E-state index contributed by atoms with van der Waals surface area (Å²) in [5, 5.41) is 18.7. The third kappa shape index (κ3) is 5.42. The second-order valence-electron chi connectivity index (χ2n) is 6.30. The maximum atomic E-state index is 14.4. The van der Waals surface area contributed by atoms with E-state index in [4.69, 9.17) is 31.9 Å². The molecule has 0 saturated carbocycles. The van der Waals surface area contributed by atoms with Gasteiger partial charge in [-0.05, 0) is 36.8 Å². The molecule has 0 saturated heterocycles. The van der Waals surface area contributed by atoms with Crippen LogP contribution in [-0.4, -0.2) is 41.2 Å². The minimum absolute atomic E-state index is 0.0238. The van der Waals surface area contributed by atoms with Gasteiger partial charge in [0.25, 0.3) is 0 Å². The molecule has 3 aromatic rings. The van der Waals surface area contributed by atoms with Gasteiger partial charge in [0.2, 0.25) is 0 Å². The van der Waals surface area contributed by atoms with Gasteiger partial charge >= 0.3 is 0 Å². The van der Waals surface area contributed by atoms with Crippen LogP contribution in [-0.2, 0) is 0 Å². The molecule has 0 amide bonds. The number of hydrogen-bond donors (Lipinski definition) is 2. The van der Waals surface area contributed by atoms with Crippen molar-refractivity contribution < 1.29 is 19.0 Å². The minimum atomic E-state index is -0.600. The van der Waals surface area contributed by atoms with E-state index in [1.165, 1.54) is 23.5 Å². The number of aliphatic hydroxyl groups excluding tert-OH is 1. The van der Waals surface area contributed by atoms with Crippen molar-refractivity contribution >= 4 is 22.9 Å². The van der Waals surface area contributed by atoms with Crippen LogP contribution in [0.3, 0.4) is 0 Å². The Morgan fingerprint density at radius 3 is 2.59 bits per heavy atom. The maximum absolute atomic E-state index is 14.4. The zero-order valence-corrected chi connectivity index (χ0v) is 17.3. The summed E-state index contributed by atoms with van der Waals surface area (Å²) in [6.45, 7) is 2.43. The summed E-state index contributed by atoms with van der Waals surface area (Å²) in [5.41, 5.74) is 6.87. The lowest BCUT2D eigenvalue weighted by atomic mass is 10.2. The van der Waals surface area contributed by atoms with Crippen LogP contribution < -0.4 is 15.2 Å². The summed E-state index contributed by atoms with van der Waals surface area (Å²) >= 11 is 7.61. The van der Waals surface area contributed by atoms with Crippen molar-refractivity contribution in [3.8, 4) is 32.6 Å². The zero-order chi connectivity index (χ0) is 20.8. The summed E-state index contributed by atoms with van der Waals surface area (Å²) < 4.78 is 25.3. The quantitative estimate of drug-likeness (QED) is 0.522. The van der Waals surface area contributed by atoms with Gasteiger partial charge in [-0.25, -0.2) is 4.39 Å². The van der Waals surface area contributed by atoms with Crippen molar-refractivity contribution in [2.75, 3.05) is 19.8 Å². The summed E-state index contributed by atoms with van der Waals surface area (Å²) in [5.74, 6) is 0.167. The first-order chi connectivity index (χ1) is 14.0. The number of aliphatic hydroxyl groups is 1. The molecule has 0 aliphatic heterocycles. The summed E-state index contributed by atoms with van der Waals surface area (Å²) in [6, 6.07) is 9.59. The molecule has 1 aromatic heterocycles. The third-order valence-electron chi connectivity index (χ3n) is 3.94. The van der Waals surface area contributed by atoms with Gasteiger partial charge in [-0.1, -0.05) is 29.9 Å². The number of ether oxygens (including phenoxy) is 2. The molecule has 0 fully saturated rings. The average molecular weight is 438 g/mol. The molecule has 0 aliphatic rings. The number of halogens is 2. The highest BCUT2D eigenvalue weighted by atomic mass is 35.5. The molecule has 9 heteroatoms. The van der Waals surface area contributed by atoms with Crippen molar-refractivity contribution in [3.63, 3.8) is 0 Å². The number of aromatic nitrogens is 2. The van der Waals surface area contributed by atoms with Crippen molar-refractivity contribution in [2.24, 2.45) is 5.73 Å². The van der Waals surface area contributed by atoms with Crippen molar-refractivity contribution in [1.29, 1.82) is 0 Å². The summed E-state index contributed by atoms with van der Waals surface area (Å²) in [4.78, 5) is 0. The third-order valence-corrected chi connectivity index (χ3v) is 5.26. The maximum Gasteiger partial charge on any atom is 0.165 e. The molecule has 0 aliphatic carbocycles. The molecular formula is C20H21ClFN3O3S. The van der Waals surface area contributed by atoms with Crippen molar-refractivity contribution in [3.05, 3.63) is 47.2 Å². The van der Waals surface area contributed by atoms with Crippen LogP contribution in [0.4, 0.5) is 4.39 Å². The van der Waals surface area contributed by atoms with Crippen LogP contribution in [0.15, 0.2) is 36.4 Å². The fourth-order valence-electron chi connectivity index (χ4n) is 2.41. The van der Waals surface area contributed by atoms with Gasteiger partial charge in [-0.3, -0.25) is 0 Å². The fourth-order valence-corrected chi connectivity index (χ4v) is 3.59. The van der Waals surface area contributed by atoms with Gasteiger partial charge in [-0.2, -0.15) is 0 Å². The highest BCUT2D eigenvalue weighted by Crippen LogP contribution is 2.37. The lowest BCUT2D eigenvalue weighted by Crippen LogP contribution is -2.31. The number of nitrogens with zero attached hydrogens (tertiary/aromatic N) is 2. The number of benzene rings is 2. The predicted octanol–water partition coefficient (Wildman–Crippen LogP) is 4.15. The van der Waals surface area contributed by atoms with E-state index < -0.39 is 11.9 Å². The molecule has 1 atom stereocenters. The Balaban J connectivity index is 1.78. The van der Waals surface area contributed by atoms with Crippen LogP contribution in [0.5, 0.6) is 11.5 Å². The molecule has 0 unspecified atom stereocenters. The first kappa shape index (κ1) is 21.4. The molecule has 3 N–H and O–H groups in total. The molecular weight excluding hydrogens is 417 g/mol. The van der Waals surface area contributed by atoms with E-state index in [-0.39, 0.29) is 24.0 Å². The molecule has 1 heterocycles. The van der Waals surface area contributed by atoms with Gasteiger partial charge < -0.3 is 20.3 Å². The molecule has 0 radical (unpaired) electrons. The van der Waals surface area contributed by atoms with Crippen LogP contribution in [0.1, 0.15) is 13.3 Å². The summed E-state index contributed by atoms with van der Waals surface area (Å²) in [6.07, 6.45) is 0.941. The fraction of sp³-hybridized carbons (Fsp3) is 0.300. The van der Waals surface area contributed by atoms with E-state index in [0.717, 1.165) is 17.7 Å². The Morgan fingerprint density at radius 2 is 1.90 bits per heavy atom. The van der Waals surface area contributed by atoms with E-state index >= 15 is 0 Å². The van der Waals surface area contributed by atoms with E-state index in [9.17, 15) is 4.39 Å². The van der Waals surface area contributed by atoms with Gasteiger partial charge in [0.15, 0.2) is 11.6 Å². The van der Waals surface area contributed by atoms with Gasteiger partial charge in [0.05, 0.1) is 24.3 Å². The Bertz CT molecular complexity index is 953.